The highest BCUT2D eigenvalue weighted by molar-refractivity contribution is 5.66. The number of hydrogen-bond donors (Lipinski definition) is 2. The summed E-state index contributed by atoms with van der Waals surface area (Å²) < 4.78 is 10.1. The van der Waals surface area contributed by atoms with Gasteiger partial charge in [0, 0.05) is 18.8 Å². The molecule has 0 radical (unpaired) electrons. The smallest absolute Gasteiger partial charge is 0.242 e. The molecule has 100 valence electrons. The number of anilines is 2. The summed E-state index contributed by atoms with van der Waals surface area (Å²) in [6.45, 7) is 0.545. The van der Waals surface area contributed by atoms with Gasteiger partial charge in [-0.05, 0) is 11.6 Å². The summed E-state index contributed by atoms with van der Waals surface area (Å²) in [4.78, 5) is 12.0. The fraction of sp³-hybridized carbons (Fsp3) is 0.250. The van der Waals surface area contributed by atoms with Crippen LogP contribution in [0.25, 0.3) is 0 Å². The highest BCUT2D eigenvalue weighted by atomic mass is 16.5. The lowest BCUT2D eigenvalue weighted by Crippen LogP contribution is -2.07. The quantitative estimate of drug-likeness (QED) is 0.831. The molecule has 0 saturated carbocycles. The summed E-state index contributed by atoms with van der Waals surface area (Å²) in [5, 5.41) is 3.12. The third-order valence-corrected chi connectivity index (χ3v) is 2.51. The van der Waals surface area contributed by atoms with Gasteiger partial charge in [-0.25, -0.2) is 9.97 Å². The number of rotatable bonds is 5. The van der Waals surface area contributed by atoms with E-state index in [0.717, 1.165) is 5.56 Å². The molecule has 0 aliphatic rings. The van der Waals surface area contributed by atoms with Gasteiger partial charge in [0.25, 0.3) is 0 Å². The fourth-order valence-corrected chi connectivity index (χ4v) is 1.54. The Morgan fingerprint density at radius 2 is 2.05 bits per heavy atom. The average Bonchev–Trinajstić information content (AvgIpc) is 2.46. The molecular formula is C12H15N5O2. The molecular weight excluding hydrogens is 246 g/mol. The number of nitrogens with two attached hydrogens (primary N) is 1. The van der Waals surface area contributed by atoms with E-state index in [1.807, 2.05) is 12.1 Å². The number of hydrogen-bond acceptors (Lipinski definition) is 7. The van der Waals surface area contributed by atoms with Crippen LogP contribution in [0, 0.1) is 0 Å². The Kier molecular flexibility index (Phi) is 3.97. The zero-order chi connectivity index (χ0) is 13.7. The van der Waals surface area contributed by atoms with Crippen molar-refractivity contribution in [3.05, 3.63) is 30.2 Å². The molecule has 0 amide bonds. The standard InChI is InChI=1S/C12H15N5O2/c1-18-9-5-8(3-4-14-9)6-15-11-10(13)12(19-2)17-7-16-11/h3-5,7H,6,13H2,1-2H3,(H,15,16,17). The number of ether oxygens (including phenoxy) is 2. The summed E-state index contributed by atoms with van der Waals surface area (Å²) in [6, 6.07) is 3.71. The van der Waals surface area contributed by atoms with Gasteiger partial charge in [0.15, 0.2) is 5.82 Å². The van der Waals surface area contributed by atoms with Crippen molar-refractivity contribution in [3.63, 3.8) is 0 Å². The first-order chi connectivity index (χ1) is 9.24. The van der Waals surface area contributed by atoms with E-state index < -0.39 is 0 Å². The molecule has 0 atom stereocenters. The van der Waals surface area contributed by atoms with E-state index in [2.05, 4.69) is 20.3 Å². The lowest BCUT2D eigenvalue weighted by atomic mass is 10.2. The molecule has 0 fully saturated rings. The van der Waals surface area contributed by atoms with E-state index in [1.165, 1.54) is 13.4 Å². The largest absolute Gasteiger partial charge is 0.481 e. The second-order valence-electron chi connectivity index (χ2n) is 3.71. The molecule has 0 aliphatic heterocycles. The number of nitrogens with one attached hydrogen (secondary N) is 1. The molecule has 2 aromatic heterocycles. The number of nitrogens with zero attached hydrogens (tertiary/aromatic N) is 3. The molecule has 0 aromatic carbocycles. The van der Waals surface area contributed by atoms with Gasteiger partial charge in [0.2, 0.25) is 11.8 Å². The maximum atomic E-state index is 5.86. The maximum Gasteiger partial charge on any atom is 0.242 e. The number of aromatic nitrogens is 3. The molecule has 2 aromatic rings. The highest BCUT2D eigenvalue weighted by Crippen LogP contribution is 2.24. The van der Waals surface area contributed by atoms with E-state index in [-0.39, 0.29) is 0 Å². The van der Waals surface area contributed by atoms with Crippen LogP contribution in [0.3, 0.4) is 0 Å². The SMILES string of the molecule is COc1cc(CNc2ncnc(OC)c2N)ccn1. The van der Waals surface area contributed by atoms with Crippen LogP contribution >= 0.6 is 0 Å². The van der Waals surface area contributed by atoms with Gasteiger partial charge >= 0.3 is 0 Å². The molecule has 19 heavy (non-hydrogen) atoms. The molecule has 0 aliphatic carbocycles. The third-order valence-electron chi connectivity index (χ3n) is 2.51. The van der Waals surface area contributed by atoms with Crippen molar-refractivity contribution in [1.82, 2.24) is 15.0 Å². The Morgan fingerprint density at radius 1 is 1.21 bits per heavy atom. The van der Waals surface area contributed by atoms with E-state index in [0.29, 0.717) is 29.8 Å². The van der Waals surface area contributed by atoms with Crippen LogP contribution in [0.1, 0.15) is 5.56 Å². The lowest BCUT2D eigenvalue weighted by molar-refractivity contribution is 0.397. The van der Waals surface area contributed by atoms with Gasteiger partial charge < -0.3 is 20.5 Å². The minimum absolute atomic E-state index is 0.352. The second kappa shape index (κ2) is 5.85. The fourth-order valence-electron chi connectivity index (χ4n) is 1.54. The Hall–Kier alpha value is -2.57. The van der Waals surface area contributed by atoms with Gasteiger partial charge in [-0.15, -0.1) is 0 Å². The van der Waals surface area contributed by atoms with Crippen molar-refractivity contribution in [2.45, 2.75) is 6.54 Å². The second-order valence-corrected chi connectivity index (χ2v) is 3.71. The van der Waals surface area contributed by atoms with Gasteiger partial charge in [0.05, 0.1) is 14.2 Å². The first-order valence-electron chi connectivity index (χ1n) is 5.62. The van der Waals surface area contributed by atoms with Gasteiger partial charge in [0.1, 0.15) is 12.0 Å². The van der Waals surface area contributed by atoms with Crippen LogP contribution in [-0.2, 0) is 6.54 Å². The van der Waals surface area contributed by atoms with Crippen LogP contribution in [0.15, 0.2) is 24.7 Å². The summed E-state index contributed by atoms with van der Waals surface area (Å²) >= 11 is 0. The van der Waals surface area contributed by atoms with Crippen LogP contribution in [0.4, 0.5) is 11.5 Å². The monoisotopic (exact) mass is 261 g/mol. The van der Waals surface area contributed by atoms with E-state index >= 15 is 0 Å². The van der Waals surface area contributed by atoms with Gasteiger partial charge in [-0.2, -0.15) is 4.98 Å². The highest BCUT2D eigenvalue weighted by Gasteiger charge is 2.07. The first-order valence-corrected chi connectivity index (χ1v) is 5.62. The predicted octanol–water partition coefficient (Wildman–Crippen LogP) is 1.08. The summed E-state index contributed by atoms with van der Waals surface area (Å²) in [7, 11) is 3.09. The zero-order valence-corrected chi connectivity index (χ0v) is 10.8. The van der Waals surface area contributed by atoms with E-state index in [1.54, 1.807) is 13.3 Å². The molecule has 3 N–H and O–H groups in total. The molecule has 0 spiro atoms. The van der Waals surface area contributed by atoms with Crippen molar-refractivity contribution < 1.29 is 9.47 Å². The van der Waals surface area contributed by atoms with Gasteiger partial charge in [-0.3, -0.25) is 0 Å². The molecule has 0 bridgehead atoms. The average molecular weight is 261 g/mol. The third kappa shape index (κ3) is 3.01. The van der Waals surface area contributed by atoms with Crippen molar-refractivity contribution in [2.75, 3.05) is 25.3 Å². The summed E-state index contributed by atoms with van der Waals surface area (Å²) in [5.74, 6) is 1.44. The molecule has 2 heterocycles. The molecule has 0 saturated heterocycles. The Morgan fingerprint density at radius 3 is 2.79 bits per heavy atom. The van der Waals surface area contributed by atoms with Crippen LogP contribution in [0.5, 0.6) is 11.8 Å². The maximum absolute atomic E-state index is 5.86. The first kappa shape index (κ1) is 12.9. The topological polar surface area (TPSA) is 95.2 Å². The van der Waals surface area contributed by atoms with Crippen LogP contribution in [-0.4, -0.2) is 29.2 Å². The normalized spacial score (nSPS) is 10.0. The number of nitrogen functional groups attached to an aromatic ring is 1. The van der Waals surface area contributed by atoms with Crippen molar-refractivity contribution >= 4 is 11.5 Å². The Balaban J connectivity index is 2.10. The van der Waals surface area contributed by atoms with Crippen LogP contribution in [0.2, 0.25) is 0 Å². The molecule has 2 rings (SSSR count). The zero-order valence-electron chi connectivity index (χ0n) is 10.8. The minimum atomic E-state index is 0.352. The molecule has 0 unspecified atom stereocenters. The predicted molar refractivity (Wildman–Crippen MR) is 71.1 cm³/mol. The van der Waals surface area contributed by atoms with E-state index in [4.69, 9.17) is 15.2 Å². The van der Waals surface area contributed by atoms with Crippen molar-refractivity contribution in [3.8, 4) is 11.8 Å². The Bertz CT molecular complexity index is 562. The minimum Gasteiger partial charge on any atom is -0.481 e. The van der Waals surface area contributed by atoms with Crippen molar-refractivity contribution in [2.24, 2.45) is 0 Å². The molecule has 7 nitrogen and oxygen atoms in total. The number of methoxy groups -OCH3 is 2. The van der Waals surface area contributed by atoms with Crippen molar-refractivity contribution in [1.29, 1.82) is 0 Å². The molecule has 7 heteroatoms. The lowest BCUT2D eigenvalue weighted by Gasteiger charge is -2.10. The summed E-state index contributed by atoms with van der Waals surface area (Å²) in [6.07, 6.45) is 3.07. The summed E-state index contributed by atoms with van der Waals surface area (Å²) in [5.41, 5.74) is 7.25. The van der Waals surface area contributed by atoms with Gasteiger partial charge in [-0.1, -0.05) is 0 Å². The van der Waals surface area contributed by atoms with E-state index in [9.17, 15) is 0 Å². The number of pyridine rings is 1. The Labute approximate surface area is 110 Å². The van der Waals surface area contributed by atoms with Crippen LogP contribution < -0.4 is 20.5 Å².